The topological polar surface area (TPSA) is 99.2 Å². The Morgan fingerprint density at radius 1 is 1.17 bits per heavy atom. The lowest BCUT2D eigenvalue weighted by Gasteiger charge is -2.09. The van der Waals surface area contributed by atoms with Crippen molar-refractivity contribution in [3.05, 3.63) is 54.3 Å². The van der Waals surface area contributed by atoms with E-state index in [-0.39, 0.29) is 17.6 Å². The second kappa shape index (κ2) is 11.2. The lowest BCUT2D eigenvalue weighted by Crippen LogP contribution is -2.26. The maximum Gasteiger partial charge on any atom is 0.305 e. The van der Waals surface area contributed by atoms with Crippen molar-refractivity contribution in [2.75, 3.05) is 18.9 Å². The molecule has 30 heavy (non-hydrogen) atoms. The average Bonchev–Trinajstić information content (AvgIpc) is 3.41. The van der Waals surface area contributed by atoms with Crippen LogP contribution in [0.5, 0.6) is 0 Å². The molecule has 2 heterocycles. The summed E-state index contributed by atoms with van der Waals surface area (Å²) in [6.45, 7) is 3.12. The quantitative estimate of drug-likeness (QED) is 0.284. The lowest BCUT2D eigenvalue weighted by molar-refractivity contribution is -0.143. The molecule has 0 unspecified atom stereocenters. The highest BCUT2D eigenvalue weighted by atomic mass is 32.2. The van der Waals surface area contributed by atoms with E-state index in [0.717, 1.165) is 5.56 Å². The highest BCUT2D eigenvalue weighted by Crippen LogP contribution is 2.25. The summed E-state index contributed by atoms with van der Waals surface area (Å²) in [5.74, 6) is 1.05. The van der Waals surface area contributed by atoms with Gasteiger partial charge in [0.1, 0.15) is 0 Å². The first-order valence-corrected chi connectivity index (χ1v) is 10.7. The fourth-order valence-electron chi connectivity index (χ4n) is 2.77. The van der Waals surface area contributed by atoms with E-state index in [1.165, 1.54) is 11.8 Å². The number of aromatic nitrogens is 3. The molecular formula is C21H24N4O4S. The molecule has 0 aliphatic rings. The van der Waals surface area contributed by atoms with Crippen molar-refractivity contribution in [1.82, 2.24) is 20.1 Å². The predicted molar refractivity (Wildman–Crippen MR) is 113 cm³/mol. The molecule has 9 heteroatoms. The first kappa shape index (κ1) is 21.6. The van der Waals surface area contributed by atoms with Crippen LogP contribution in [0.1, 0.15) is 25.3 Å². The smallest absolute Gasteiger partial charge is 0.305 e. The summed E-state index contributed by atoms with van der Waals surface area (Å²) >= 11 is 1.31. The zero-order valence-corrected chi connectivity index (χ0v) is 17.6. The largest absolute Gasteiger partial charge is 0.466 e. The summed E-state index contributed by atoms with van der Waals surface area (Å²) in [6, 6.07) is 13.6. The SMILES string of the molecule is CCOC(=O)CCCNC(=O)CSc1nnc(-c2ccco2)n1Cc1ccccc1. The Bertz CT molecular complexity index is 941. The van der Waals surface area contributed by atoms with Crippen LogP contribution in [0.4, 0.5) is 0 Å². The van der Waals surface area contributed by atoms with Gasteiger partial charge in [-0.3, -0.25) is 14.2 Å². The summed E-state index contributed by atoms with van der Waals surface area (Å²) in [6.07, 6.45) is 2.43. The van der Waals surface area contributed by atoms with E-state index in [4.69, 9.17) is 9.15 Å². The molecule has 1 amide bonds. The normalized spacial score (nSPS) is 10.7. The molecule has 0 radical (unpaired) electrons. The molecule has 0 saturated heterocycles. The molecule has 0 bridgehead atoms. The van der Waals surface area contributed by atoms with E-state index in [0.29, 0.717) is 49.3 Å². The van der Waals surface area contributed by atoms with Crippen molar-refractivity contribution in [2.45, 2.75) is 31.5 Å². The number of amides is 1. The van der Waals surface area contributed by atoms with Gasteiger partial charge in [0.25, 0.3) is 0 Å². The lowest BCUT2D eigenvalue weighted by atomic mass is 10.2. The summed E-state index contributed by atoms with van der Waals surface area (Å²) in [7, 11) is 0. The first-order valence-electron chi connectivity index (χ1n) is 9.73. The average molecular weight is 429 g/mol. The Morgan fingerprint density at radius 3 is 2.73 bits per heavy atom. The molecule has 0 aliphatic heterocycles. The van der Waals surface area contributed by atoms with Gasteiger partial charge < -0.3 is 14.5 Å². The van der Waals surface area contributed by atoms with Gasteiger partial charge in [0.2, 0.25) is 11.7 Å². The Morgan fingerprint density at radius 2 is 2.00 bits per heavy atom. The maximum absolute atomic E-state index is 12.2. The number of hydrogen-bond acceptors (Lipinski definition) is 7. The molecular weight excluding hydrogens is 404 g/mol. The third kappa shape index (κ3) is 6.21. The molecule has 3 aromatic rings. The fraction of sp³-hybridized carbons (Fsp3) is 0.333. The standard InChI is InChI=1S/C21H24N4O4S/c1-2-28-19(27)11-6-12-22-18(26)15-30-21-24-23-20(17-10-7-13-29-17)25(21)14-16-8-4-3-5-9-16/h3-5,7-10,13H,2,6,11-12,14-15H2,1H3,(H,22,26). The third-order valence-electron chi connectivity index (χ3n) is 4.16. The number of thioether (sulfide) groups is 1. The van der Waals surface area contributed by atoms with Crippen LogP contribution >= 0.6 is 11.8 Å². The van der Waals surface area contributed by atoms with Gasteiger partial charge in [-0.2, -0.15) is 0 Å². The van der Waals surface area contributed by atoms with Gasteiger partial charge in [-0.1, -0.05) is 42.1 Å². The number of esters is 1. The Kier molecular flexibility index (Phi) is 8.08. The molecule has 0 saturated carbocycles. The van der Waals surface area contributed by atoms with Crippen molar-refractivity contribution < 1.29 is 18.7 Å². The van der Waals surface area contributed by atoms with Gasteiger partial charge in [0.05, 0.1) is 25.2 Å². The van der Waals surface area contributed by atoms with Crippen LogP contribution < -0.4 is 5.32 Å². The molecule has 1 N–H and O–H groups in total. The second-order valence-electron chi connectivity index (χ2n) is 6.40. The second-order valence-corrected chi connectivity index (χ2v) is 7.34. The van der Waals surface area contributed by atoms with E-state index in [9.17, 15) is 9.59 Å². The number of nitrogens with zero attached hydrogens (tertiary/aromatic N) is 3. The van der Waals surface area contributed by atoms with Gasteiger partial charge in [-0.25, -0.2) is 0 Å². The van der Waals surface area contributed by atoms with Gasteiger partial charge in [-0.05, 0) is 31.0 Å². The van der Waals surface area contributed by atoms with Crippen LogP contribution in [0.3, 0.4) is 0 Å². The molecule has 3 rings (SSSR count). The molecule has 2 aromatic heterocycles. The van der Waals surface area contributed by atoms with Crippen molar-refractivity contribution in [2.24, 2.45) is 0 Å². The number of hydrogen-bond donors (Lipinski definition) is 1. The third-order valence-corrected chi connectivity index (χ3v) is 5.13. The molecule has 158 valence electrons. The van der Waals surface area contributed by atoms with Crippen molar-refractivity contribution >= 4 is 23.6 Å². The van der Waals surface area contributed by atoms with Crippen molar-refractivity contribution in [1.29, 1.82) is 0 Å². The van der Waals surface area contributed by atoms with Crippen molar-refractivity contribution in [3.63, 3.8) is 0 Å². The van der Waals surface area contributed by atoms with Crippen LogP contribution in [0.25, 0.3) is 11.6 Å². The number of carbonyl (C=O) groups is 2. The maximum atomic E-state index is 12.2. The number of rotatable bonds is 11. The minimum atomic E-state index is -0.249. The Balaban J connectivity index is 1.59. The van der Waals surface area contributed by atoms with Gasteiger partial charge in [-0.15, -0.1) is 10.2 Å². The predicted octanol–water partition coefficient (Wildman–Crippen LogP) is 3.14. The number of ether oxygens (including phenoxy) is 1. The zero-order valence-electron chi connectivity index (χ0n) is 16.7. The molecule has 8 nitrogen and oxygen atoms in total. The zero-order chi connectivity index (χ0) is 21.2. The van der Waals surface area contributed by atoms with E-state index in [2.05, 4.69) is 15.5 Å². The highest BCUT2D eigenvalue weighted by molar-refractivity contribution is 7.99. The minimum absolute atomic E-state index is 0.127. The summed E-state index contributed by atoms with van der Waals surface area (Å²) in [4.78, 5) is 23.5. The number of furan rings is 1. The summed E-state index contributed by atoms with van der Waals surface area (Å²) in [5, 5.41) is 12.0. The van der Waals surface area contributed by atoms with Crippen LogP contribution in [0.15, 0.2) is 58.3 Å². The summed E-state index contributed by atoms with van der Waals surface area (Å²) in [5.41, 5.74) is 1.09. The molecule has 0 fully saturated rings. The monoisotopic (exact) mass is 428 g/mol. The molecule has 0 atom stereocenters. The number of carbonyl (C=O) groups excluding carboxylic acids is 2. The van der Waals surface area contributed by atoms with E-state index in [1.54, 1.807) is 19.3 Å². The molecule has 1 aromatic carbocycles. The van der Waals surface area contributed by atoms with Crippen molar-refractivity contribution in [3.8, 4) is 11.6 Å². The minimum Gasteiger partial charge on any atom is -0.466 e. The highest BCUT2D eigenvalue weighted by Gasteiger charge is 2.17. The van der Waals surface area contributed by atoms with E-state index >= 15 is 0 Å². The van der Waals surface area contributed by atoms with Crippen LogP contribution in [-0.2, 0) is 20.9 Å². The van der Waals surface area contributed by atoms with Gasteiger partial charge in [0.15, 0.2) is 10.9 Å². The Hall–Kier alpha value is -3.07. The number of nitrogens with one attached hydrogen (secondary N) is 1. The van der Waals surface area contributed by atoms with Gasteiger partial charge >= 0.3 is 5.97 Å². The van der Waals surface area contributed by atoms with E-state index in [1.807, 2.05) is 41.0 Å². The van der Waals surface area contributed by atoms with Crippen LogP contribution in [0, 0.1) is 0 Å². The fourth-order valence-corrected chi connectivity index (χ4v) is 3.53. The molecule has 0 aliphatic carbocycles. The summed E-state index contributed by atoms with van der Waals surface area (Å²) < 4.78 is 12.3. The first-order chi connectivity index (χ1) is 14.7. The molecule has 0 spiro atoms. The van der Waals surface area contributed by atoms with Gasteiger partial charge in [0, 0.05) is 13.0 Å². The Labute approximate surface area is 179 Å². The van der Waals surface area contributed by atoms with E-state index < -0.39 is 0 Å². The number of benzene rings is 1. The van der Waals surface area contributed by atoms with Crippen LogP contribution in [-0.4, -0.2) is 45.5 Å². The van der Waals surface area contributed by atoms with Crippen LogP contribution in [0.2, 0.25) is 0 Å².